The monoisotopic (exact) mass is 458 g/mol. The van der Waals surface area contributed by atoms with E-state index < -0.39 is 22.7 Å². The van der Waals surface area contributed by atoms with Gasteiger partial charge in [-0.3, -0.25) is 0 Å². The van der Waals surface area contributed by atoms with Gasteiger partial charge in [-0.15, -0.1) is 24.6 Å². The van der Waals surface area contributed by atoms with E-state index in [0.29, 0.717) is 0 Å². The Morgan fingerprint density at radius 2 is 1.41 bits per heavy atom. The van der Waals surface area contributed by atoms with Crippen molar-refractivity contribution in [2.24, 2.45) is 0 Å². The molecule has 170 valence electrons. The number of halogens is 1. The third kappa shape index (κ3) is 9.31. The highest BCUT2D eigenvalue weighted by Gasteiger charge is 2.46. The Kier molecular flexibility index (Phi) is 11.5. The summed E-state index contributed by atoms with van der Waals surface area (Å²) in [5.41, 5.74) is 0. The number of terminal acetylenes is 1. The fourth-order valence-electron chi connectivity index (χ4n) is 2.50. The molecule has 0 amide bonds. The topological polar surface area (TPSA) is 18.5 Å². The summed E-state index contributed by atoms with van der Waals surface area (Å²) in [5, 5.41) is 0.0107. The van der Waals surface area contributed by atoms with Crippen LogP contribution in [0.2, 0.25) is 36.3 Å². The first-order valence-electron chi connectivity index (χ1n) is 11.1. The lowest BCUT2D eigenvalue weighted by molar-refractivity contribution is 0.0638. The molecule has 0 rings (SSSR count). The van der Waals surface area contributed by atoms with Crippen molar-refractivity contribution >= 4 is 28.2 Å². The van der Waals surface area contributed by atoms with Crippen molar-refractivity contribution in [2.45, 2.75) is 127 Å². The Hall–Kier alpha value is -0.0562. The normalized spacial score (nSPS) is 16.8. The van der Waals surface area contributed by atoms with Crippen LogP contribution in [-0.4, -0.2) is 34.2 Å². The molecule has 0 heterocycles. The molecule has 0 saturated heterocycles. The lowest BCUT2D eigenvalue weighted by Gasteiger charge is -2.45. The number of hydrogen-bond acceptors (Lipinski definition) is 2. The fraction of sp³-hybridized carbons (Fsp3) is 0.833. The second kappa shape index (κ2) is 11.5. The van der Waals surface area contributed by atoms with Crippen molar-refractivity contribution in [3.05, 3.63) is 12.7 Å². The highest BCUT2D eigenvalue weighted by molar-refractivity contribution is 6.74. The van der Waals surface area contributed by atoms with Crippen LogP contribution in [0.1, 0.15) is 73.6 Å². The van der Waals surface area contributed by atoms with Crippen molar-refractivity contribution in [3.8, 4) is 12.3 Å². The van der Waals surface area contributed by atoms with E-state index in [1.165, 1.54) is 0 Å². The molecule has 0 bridgehead atoms. The van der Waals surface area contributed by atoms with Crippen LogP contribution in [0.25, 0.3) is 0 Å². The molecule has 0 aliphatic rings. The molecular formula is C24H47ClO2Si2. The van der Waals surface area contributed by atoms with Gasteiger partial charge in [0, 0.05) is 0 Å². The summed E-state index contributed by atoms with van der Waals surface area (Å²) in [6.45, 7) is 26.2. The molecule has 0 aromatic heterocycles. The summed E-state index contributed by atoms with van der Waals surface area (Å²) in [7, 11) is -4.09. The molecule has 0 fully saturated rings. The van der Waals surface area contributed by atoms with E-state index in [-0.39, 0.29) is 21.6 Å². The molecule has 0 spiro atoms. The highest BCUT2D eigenvalue weighted by atomic mass is 35.5. The van der Waals surface area contributed by atoms with Gasteiger partial charge in [0.2, 0.25) is 0 Å². The van der Waals surface area contributed by atoms with Gasteiger partial charge in [0.05, 0.1) is 11.5 Å². The molecule has 3 atom stereocenters. The number of unbranched alkanes of at least 4 members (excludes halogenated alkanes) is 3. The molecule has 0 aromatic rings. The Balaban J connectivity index is 5.58. The van der Waals surface area contributed by atoms with Crippen molar-refractivity contribution in [1.29, 1.82) is 0 Å². The van der Waals surface area contributed by atoms with Crippen LogP contribution in [0.4, 0.5) is 0 Å². The SMILES string of the molecule is C#C[C@H](O[Si](C)(C)C(C)(C)C)[C@@H](O[Si](C)(C)C(C)(C)C)[C@@H](Cl)CCCCCC=C. The van der Waals surface area contributed by atoms with Crippen molar-refractivity contribution in [3.63, 3.8) is 0 Å². The first-order chi connectivity index (χ1) is 13.0. The zero-order valence-corrected chi connectivity index (χ0v) is 23.6. The zero-order valence-electron chi connectivity index (χ0n) is 20.8. The molecule has 0 N–H and O–H groups in total. The molecule has 0 radical (unpaired) electrons. The van der Waals surface area contributed by atoms with Gasteiger partial charge in [-0.25, -0.2) is 0 Å². The maximum atomic E-state index is 6.95. The summed E-state index contributed by atoms with van der Waals surface area (Å²) in [6, 6.07) is 0. The maximum Gasteiger partial charge on any atom is 0.193 e. The van der Waals surface area contributed by atoms with E-state index in [9.17, 15) is 0 Å². The van der Waals surface area contributed by atoms with Crippen molar-refractivity contribution < 1.29 is 8.85 Å². The molecule has 0 aromatic carbocycles. The fourth-order valence-corrected chi connectivity index (χ4v) is 5.44. The smallest absolute Gasteiger partial charge is 0.193 e. The number of alkyl halides is 1. The standard InChI is InChI=1S/C24H47ClO2Si2/c1-13-15-16-17-18-19-20(25)22(27-29(11,12)24(6,7)8)21(14-2)26-28(9,10)23(3,4)5/h2,13,20-22H,1,15-19H2,3-12H3/t20-,21-,22-/m0/s1. The van der Waals surface area contributed by atoms with Gasteiger partial charge in [-0.1, -0.05) is 66.4 Å². The second-order valence-corrected chi connectivity index (χ2v) is 21.3. The van der Waals surface area contributed by atoms with E-state index in [1.807, 2.05) is 6.08 Å². The Labute approximate surface area is 189 Å². The summed E-state index contributed by atoms with van der Waals surface area (Å²) in [6.07, 6.45) is 12.6. The Morgan fingerprint density at radius 3 is 1.83 bits per heavy atom. The zero-order chi connectivity index (χ0) is 23.1. The summed E-state index contributed by atoms with van der Waals surface area (Å²) < 4.78 is 13.4. The molecule has 0 saturated carbocycles. The predicted molar refractivity (Wildman–Crippen MR) is 136 cm³/mol. The molecule has 29 heavy (non-hydrogen) atoms. The number of rotatable bonds is 12. The van der Waals surface area contributed by atoms with Gasteiger partial charge in [-0.2, -0.15) is 0 Å². The highest BCUT2D eigenvalue weighted by Crippen LogP contribution is 2.41. The average Bonchev–Trinajstić information content (AvgIpc) is 2.55. The van der Waals surface area contributed by atoms with Crippen LogP contribution >= 0.6 is 11.6 Å². The molecule has 2 nitrogen and oxygen atoms in total. The van der Waals surface area contributed by atoms with Crippen LogP contribution in [0.3, 0.4) is 0 Å². The van der Waals surface area contributed by atoms with Gasteiger partial charge < -0.3 is 8.85 Å². The summed E-state index contributed by atoms with van der Waals surface area (Å²) in [4.78, 5) is 0. The first-order valence-corrected chi connectivity index (χ1v) is 17.3. The minimum absolute atomic E-state index is 0.0795. The minimum atomic E-state index is -2.05. The van der Waals surface area contributed by atoms with Crippen molar-refractivity contribution in [1.82, 2.24) is 0 Å². The number of allylic oxidation sites excluding steroid dienone is 1. The van der Waals surface area contributed by atoms with Gasteiger partial charge in [-0.05, 0) is 55.5 Å². The second-order valence-electron chi connectivity index (χ2n) is 11.3. The Morgan fingerprint density at radius 1 is 0.931 bits per heavy atom. The van der Waals surface area contributed by atoms with Crippen molar-refractivity contribution in [2.75, 3.05) is 0 Å². The molecule has 0 aliphatic heterocycles. The largest absolute Gasteiger partial charge is 0.409 e. The van der Waals surface area contributed by atoms with E-state index in [2.05, 4.69) is 80.2 Å². The van der Waals surface area contributed by atoms with E-state index >= 15 is 0 Å². The van der Waals surface area contributed by atoms with E-state index in [4.69, 9.17) is 26.9 Å². The molecule has 5 heteroatoms. The van der Waals surface area contributed by atoms with Gasteiger partial charge >= 0.3 is 0 Å². The van der Waals surface area contributed by atoms with E-state index in [0.717, 1.165) is 32.1 Å². The minimum Gasteiger partial charge on any atom is -0.409 e. The first kappa shape index (κ1) is 28.9. The third-order valence-corrected chi connectivity index (χ3v) is 16.1. The Bertz CT molecular complexity index is 539. The summed E-state index contributed by atoms with van der Waals surface area (Å²) in [5.74, 6) is 2.91. The van der Waals surface area contributed by atoms with Gasteiger partial charge in [0.25, 0.3) is 0 Å². The molecular weight excluding hydrogens is 412 g/mol. The lowest BCUT2D eigenvalue weighted by Crippen LogP contribution is -2.54. The molecule has 0 aliphatic carbocycles. The van der Waals surface area contributed by atoms with Gasteiger partial charge in [0.15, 0.2) is 16.6 Å². The van der Waals surface area contributed by atoms with Crippen LogP contribution in [0.15, 0.2) is 12.7 Å². The van der Waals surface area contributed by atoms with E-state index in [1.54, 1.807) is 0 Å². The van der Waals surface area contributed by atoms with Crippen LogP contribution in [-0.2, 0) is 8.85 Å². The maximum absolute atomic E-state index is 6.95. The van der Waals surface area contributed by atoms with Crippen LogP contribution in [0, 0.1) is 12.3 Å². The quantitative estimate of drug-likeness (QED) is 0.0964. The predicted octanol–water partition coefficient (Wildman–Crippen LogP) is 8.14. The van der Waals surface area contributed by atoms with Crippen LogP contribution in [0.5, 0.6) is 0 Å². The average molecular weight is 459 g/mol. The lowest BCUT2D eigenvalue weighted by atomic mass is 10.0. The summed E-state index contributed by atoms with van der Waals surface area (Å²) >= 11 is 6.95. The number of hydrogen-bond donors (Lipinski definition) is 0. The van der Waals surface area contributed by atoms with Gasteiger partial charge in [0.1, 0.15) is 6.10 Å². The third-order valence-electron chi connectivity index (χ3n) is 6.67. The van der Waals surface area contributed by atoms with Crippen LogP contribution < -0.4 is 0 Å². The molecule has 0 unspecified atom stereocenters.